The molecule has 0 spiro atoms. The largest absolute Gasteiger partial charge is 0.0622 e. The van der Waals surface area contributed by atoms with Crippen molar-refractivity contribution >= 4 is 0 Å². The Morgan fingerprint density at radius 3 is 1.32 bits per heavy atom. The van der Waals surface area contributed by atoms with Crippen molar-refractivity contribution in [1.29, 1.82) is 0 Å². The molecular weight excluding hydrogens is 336 g/mol. The Morgan fingerprint density at radius 2 is 0.893 bits per heavy atom. The minimum Gasteiger partial charge on any atom is -0.0622 e. The second kappa shape index (κ2) is 7.48. The Morgan fingerprint density at radius 1 is 0.429 bits per heavy atom. The zero-order chi connectivity index (χ0) is 19.6. The Hall–Kier alpha value is -3.12. The third-order valence-corrected chi connectivity index (χ3v) is 5.27. The number of hydrogen-bond acceptors (Lipinski definition) is 0. The molecule has 0 fully saturated rings. The number of rotatable bonds is 3. The molecule has 0 heterocycles. The summed E-state index contributed by atoms with van der Waals surface area (Å²) in [6.45, 7) is 6.78. The molecule has 0 amide bonds. The predicted molar refractivity (Wildman–Crippen MR) is 121 cm³/mol. The van der Waals surface area contributed by atoms with E-state index >= 15 is 0 Å². The minimum atomic E-state index is 0.153. The summed E-state index contributed by atoms with van der Waals surface area (Å²) in [7, 11) is 0. The zero-order valence-corrected chi connectivity index (χ0v) is 16.8. The van der Waals surface area contributed by atoms with E-state index in [4.69, 9.17) is 0 Å². The second-order valence-electron chi connectivity index (χ2n) is 8.29. The molecule has 0 aromatic heterocycles. The molecule has 0 N–H and O–H groups in total. The van der Waals surface area contributed by atoms with E-state index in [1.54, 1.807) is 0 Å². The van der Waals surface area contributed by atoms with E-state index < -0.39 is 0 Å². The summed E-state index contributed by atoms with van der Waals surface area (Å²) in [5.41, 5.74) is 9.09. The fourth-order valence-corrected chi connectivity index (χ4v) is 3.72. The molecule has 0 saturated heterocycles. The fraction of sp³-hybridized carbons (Fsp3) is 0.143. The molecule has 0 nitrogen and oxygen atoms in total. The quantitative estimate of drug-likeness (QED) is 0.346. The molecule has 0 radical (unpaired) electrons. The summed E-state index contributed by atoms with van der Waals surface area (Å²) in [6, 6.07) is 37.1. The van der Waals surface area contributed by atoms with Crippen molar-refractivity contribution in [3.05, 3.63) is 109 Å². The molecule has 4 aromatic rings. The van der Waals surface area contributed by atoms with Crippen LogP contribution in [0, 0.1) is 0 Å². The van der Waals surface area contributed by atoms with Gasteiger partial charge in [-0.3, -0.25) is 0 Å². The van der Waals surface area contributed by atoms with E-state index in [1.165, 1.54) is 38.9 Å². The van der Waals surface area contributed by atoms with Gasteiger partial charge in [0, 0.05) is 0 Å². The standard InChI is InChI=1S/C28H26/c1-28(2,3)24-19-17-23(18-20-24)27-25(21-11-6-4-7-12-21)15-10-16-26(27)22-13-8-5-9-14-22/h4-20H,1-3H3. The summed E-state index contributed by atoms with van der Waals surface area (Å²) in [4.78, 5) is 0. The van der Waals surface area contributed by atoms with E-state index in [0.717, 1.165) is 0 Å². The van der Waals surface area contributed by atoms with Crippen molar-refractivity contribution < 1.29 is 0 Å². The highest BCUT2D eigenvalue weighted by Gasteiger charge is 2.16. The van der Waals surface area contributed by atoms with E-state index in [-0.39, 0.29) is 5.41 Å². The summed E-state index contributed by atoms with van der Waals surface area (Å²) in [5, 5.41) is 0. The molecule has 4 rings (SSSR count). The molecule has 28 heavy (non-hydrogen) atoms. The van der Waals surface area contributed by atoms with Crippen molar-refractivity contribution in [3.8, 4) is 33.4 Å². The lowest BCUT2D eigenvalue weighted by Gasteiger charge is -2.21. The van der Waals surface area contributed by atoms with Gasteiger partial charge in [0.15, 0.2) is 0 Å². The van der Waals surface area contributed by atoms with Crippen LogP contribution in [0.15, 0.2) is 103 Å². The van der Waals surface area contributed by atoms with Crippen LogP contribution in [0.3, 0.4) is 0 Å². The molecule has 4 aromatic carbocycles. The molecule has 0 unspecified atom stereocenters. The Balaban J connectivity index is 1.95. The zero-order valence-electron chi connectivity index (χ0n) is 16.8. The van der Waals surface area contributed by atoms with E-state index in [9.17, 15) is 0 Å². The van der Waals surface area contributed by atoms with E-state index in [0.29, 0.717) is 0 Å². The highest BCUT2D eigenvalue weighted by Crippen LogP contribution is 2.40. The van der Waals surface area contributed by atoms with Crippen LogP contribution in [-0.2, 0) is 5.41 Å². The van der Waals surface area contributed by atoms with Crippen LogP contribution < -0.4 is 0 Å². The third-order valence-electron chi connectivity index (χ3n) is 5.27. The van der Waals surface area contributed by atoms with Gasteiger partial charge in [-0.25, -0.2) is 0 Å². The number of benzene rings is 4. The molecule has 0 aliphatic rings. The van der Waals surface area contributed by atoms with Gasteiger partial charge in [-0.1, -0.05) is 124 Å². The maximum Gasteiger partial charge on any atom is -0.00268 e. The molecule has 0 saturated carbocycles. The summed E-state index contributed by atoms with van der Waals surface area (Å²) >= 11 is 0. The van der Waals surface area contributed by atoms with Crippen molar-refractivity contribution in [2.45, 2.75) is 26.2 Å². The smallest absolute Gasteiger partial charge is 0.00268 e. The van der Waals surface area contributed by atoms with Gasteiger partial charge in [0.25, 0.3) is 0 Å². The van der Waals surface area contributed by atoms with E-state index in [1.807, 2.05) is 0 Å². The molecular formula is C28H26. The third kappa shape index (κ3) is 3.64. The lowest BCUT2D eigenvalue weighted by Crippen LogP contribution is -2.10. The topological polar surface area (TPSA) is 0 Å². The van der Waals surface area contributed by atoms with Gasteiger partial charge in [0.1, 0.15) is 0 Å². The normalized spacial score (nSPS) is 11.4. The Labute approximate surface area is 168 Å². The van der Waals surface area contributed by atoms with E-state index in [2.05, 4.69) is 124 Å². The van der Waals surface area contributed by atoms with Crippen LogP contribution in [0.2, 0.25) is 0 Å². The summed E-state index contributed by atoms with van der Waals surface area (Å²) < 4.78 is 0. The maximum absolute atomic E-state index is 2.27. The lowest BCUT2D eigenvalue weighted by atomic mass is 9.84. The fourth-order valence-electron chi connectivity index (χ4n) is 3.72. The molecule has 0 atom stereocenters. The first kappa shape index (κ1) is 18.3. The average molecular weight is 363 g/mol. The number of hydrogen-bond donors (Lipinski definition) is 0. The minimum absolute atomic E-state index is 0.153. The Bertz CT molecular complexity index is 993. The summed E-state index contributed by atoms with van der Waals surface area (Å²) in [6.07, 6.45) is 0. The molecule has 0 aliphatic carbocycles. The first-order chi connectivity index (χ1) is 13.5. The summed E-state index contributed by atoms with van der Waals surface area (Å²) in [5.74, 6) is 0. The predicted octanol–water partition coefficient (Wildman–Crippen LogP) is 7.99. The van der Waals surface area contributed by atoms with Gasteiger partial charge in [-0.05, 0) is 44.4 Å². The lowest BCUT2D eigenvalue weighted by molar-refractivity contribution is 0.590. The van der Waals surface area contributed by atoms with Gasteiger partial charge in [-0.15, -0.1) is 0 Å². The Kier molecular flexibility index (Phi) is 4.88. The average Bonchev–Trinajstić information content (AvgIpc) is 2.74. The van der Waals surface area contributed by atoms with Crippen molar-refractivity contribution in [2.24, 2.45) is 0 Å². The first-order valence-corrected chi connectivity index (χ1v) is 9.89. The van der Waals surface area contributed by atoms with Crippen LogP contribution in [0.1, 0.15) is 26.3 Å². The van der Waals surface area contributed by atoms with Crippen molar-refractivity contribution in [1.82, 2.24) is 0 Å². The van der Waals surface area contributed by atoms with Crippen molar-refractivity contribution in [2.75, 3.05) is 0 Å². The van der Waals surface area contributed by atoms with Gasteiger partial charge >= 0.3 is 0 Å². The van der Waals surface area contributed by atoms with Crippen LogP contribution in [0.25, 0.3) is 33.4 Å². The first-order valence-electron chi connectivity index (χ1n) is 9.89. The van der Waals surface area contributed by atoms with Gasteiger partial charge in [0.2, 0.25) is 0 Å². The molecule has 138 valence electrons. The van der Waals surface area contributed by atoms with Gasteiger partial charge in [0.05, 0.1) is 0 Å². The molecule has 0 aliphatic heterocycles. The second-order valence-corrected chi connectivity index (χ2v) is 8.29. The highest BCUT2D eigenvalue weighted by molar-refractivity contribution is 5.94. The monoisotopic (exact) mass is 362 g/mol. The van der Waals surface area contributed by atoms with Crippen LogP contribution in [-0.4, -0.2) is 0 Å². The molecule has 0 heteroatoms. The van der Waals surface area contributed by atoms with Crippen molar-refractivity contribution in [3.63, 3.8) is 0 Å². The maximum atomic E-state index is 2.27. The van der Waals surface area contributed by atoms with Crippen LogP contribution in [0.5, 0.6) is 0 Å². The highest BCUT2D eigenvalue weighted by atomic mass is 14.2. The SMILES string of the molecule is CC(C)(C)c1ccc(-c2c(-c3ccccc3)cccc2-c2ccccc2)cc1. The van der Waals surface area contributed by atoms with Gasteiger partial charge in [-0.2, -0.15) is 0 Å². The van der Waals surface area contributed by atoms with Gasteiger partial charge < -0.3 is 0 Å². The van der Waals surface area contributed by atoms with Crippen LogP contribution in [0.4, 0.5) is 0 Å². The van der Waals surface area contributed by atoms with Crippen LogP contribution >= 0.6 is 0 Å². The molecule has 0 bridgehead atoms.